The lowest BCUT2D eigenvalue weighted by Gasteiger charge is -2.38. The summed E-state index contributed by atoms with van der Waals surface area (Å²) >= 11 is 1.79. The third-order valence-electron chi connectivity index (χ3n) is 4.23. The monoisotopic (exact) mass is 281 g/mol. The molecular weight excluding hydrogens is 261 g/mol. The zero-order valence-corrected chi connectivity index (χ0v) is 11.8. The largest absolute Gasteiger partial charge is 0.398 e. The minimum absolute atomic E-state index is 0.130. The van der Waals surface area contributed by atoms with E-state index in [2.05, 4.69) is 0 Å². The Morgan fingerprint density at radius 3 is 2.84 bits per heavy atom. The second-order valence-electron chi connectivity index (χ2n) is 5.65. The molecule has 4 heteroatoms. The van der Waals surface area contributed by atoms with Gasteiger partial charge in [0.15, 0.2) is 0 Å². The molecule has 1 atom stereocenters. The molecule has 1 saturated carbocycles. The predicted octanol–water partition coefficient (Wildman–Crippen LogP) is 3.99. The Morgan fingerprint density at radius 2 is 2.11 bits per heavy atom. The highest BCUT2D eigenvalue weighted by Gasteiger charge is 2.40. The molecule has 1 spiro atoms. The fraction of sp³-hybridized carbons (Fsp3) is 0.600. The Kier molecular flexibility index (Phi) is 3.72. The van der Waals surface area contributed by atoms with Crippen LogP contribution in [0.15, 0.2) is 23.1 Å². The Bertz CT molecular complexity index is 459. The van der Waals surface area contributed by atoms with Crippen molar-refractivity contribution in [2.24, 2.45) is 0 Å². The first-order chi connectivity index (χ1) is 9.17. The van der Waals surface area contributed by atoms with Crippen LogP contribution in [0.4, 0.5) is 10.1 Å². The molecule has 0 amide bonds. The molecule has 1 aliphatic carbocycles. The first-order valence-corrected chi connectivity index (χ1v) is 7.91. The molecule has 19 heavy (non-hydrogen) atoms. The molecule has 0 radical (unpaired) electrons. The summed E-state index contributed by atoms with van der Waals surface area (Å²) in [5.74, 6) is -0.263. The van der Waals surface area contributed by atoms with E-state index in [9.17, 15) is 4.39 Å². The van der Waals surface area contributed by atoms with Crippen molar-refractivity contribution < 1.29 is 9.13 Å². The lowest BCUT2D eigenvalue weighted by Crippen LogP contribution is -2.38. The van der Waals surface area contributed by atoms with E-state index in [0.717, 1.165) is 24.3 Å². The zero-order chi connectivity index (χ0) is 13.3. The maximum atomic E-state index is 13.1. The molecule has 2 aliphatic rings. The van der Waals surface area contributed by atoms with Crippen molar-refractivity contribution in [1.29, 1.82) is 0 Å². The first-order valence-electron chi connectivity index (χ1n) is 7.03. The van der Waals surface area contributed by atoms with Crippen molar-refractivity contribution >= 4 is 17.4 Å². The van der Waals surface area contributed by atoms with Gasteiger partial charge in [0.05, 0.1) is 5.60 Å². The van der Waals surface area contributed by atoms with Gasteiger partial charge in [-0.1, -0.05) is 12.8 Å². The van der Waals surface area contributed by atoms with Gasteiger partial charge in [-0.2, -0.15) is 0 Å². The average Bonchev–Trinajstić information content (AvgIpc) is 2.81. The van der Waals surface area contributed by atoms with Gasteiger partial charge in [0.25, 0.3) is 0 Å². The molecule has 1 aromatic carbocycles. The van der Waals surface area contributed by atoms with Crippen LogP contribution in [0, 0.1) is 5.82 Å². The van der Waals surface area contributed by atoms with E-state index >= 15 is 0 Å². The van der Waals surface area contributed by atoms with E-state index in [-0.39, 0.29) is 11.4 Å². The molecule has 3 rings (SSSR count). The van der Waals surface area contributed by atoms with Gasteiger partial charge < -0.3 is 10.5 Å². The fourth-order valence-corrected chi connectivity index (χ4v) is 4.56. The number of hydrogen-bond donors (Lipinski definition) is 1. The fourth-order valence-electron chi connectivity index (χ4n) is 3.26. The summed E-state index contributed by atoms with van der Waals surface area (Å²) in [7, 11) is 0. The van der Waals surface area contributed by atoms with Crippen molar-refractivity contribution in [1.82, 2.24) is 0 Å². The number of benzene rings is 1. The molecular formula is C15H20FNOS. The van der Waals surface area contributed by atoms with E-state index in [1.165, 1.54) is 37.8 Å². The van der Waals surface area contributed by atoms with Crippen molar-refractivity contribution in [2.75, 3.05) is 12.3 Å². The number of rotatable bonds is 2. The Morgan fingerprint density at radius 1 is 1.32 bits per heavy atom. The average molecular weight is 281 g/mol. The van der Waals surface area contributed by atoms with Crippen LogP contribution >= 0.6 is 11.8 Å². The third kappa shape index (κ3) is 2.90. The van der Waals surface area contributed by atoms with E-state index in [0.29, 0.717) is 10.9 Å². The Labute approximate surface area is 117 Å². The van der Waals surface area contributed by atoms with Crippen LogP contribution in [0.3, 0.4) is 0 Å². The van der Waals surface area contributed by atoms with Crippen LogP contribution in [-0.4, -0.2) is 17.5 Å². The third-order valence-corrected chi connectivity index (χ3v) is 5.59. The molecule has 1 saturated heterocycles. The second kappa shape index (κ2) is 5.33. The molecule has 1 heterocycles. The maximum absolute atomic E-state index is 13.1. The topological polar surface area (TPSA) is 35.2 Å². The lowest BCUT2D eigenvalue weighted by atomic mass is 9.92. The zero-order valence-electron chi connectivity index (χ0n) is 11.0. The normalized spacial score (nSPS) is 25.8. The van der Waals surface area contributed by atoms with Gasteiger partial charge in [0.2, 0.25) is 0 Å². The highest BCUT2D eigenvalue weighted by molar-refractivity contribution is 8.00. The Balaban J connectivity index is 1.69. The summed E-state index contributed by atoms with van der Waals surface area (Å²) < 4.78 is 19.1. The van der Waals surface area contributed by atoms with Gasteiger partial charge in [-0.05, 0) is 43.9 Å². The summed E-state index contributed by atoms with van der Waals surface area (Å²) in [5.41, 5.74) is 6.57. The van der Waals surface area contributed by atoms with Crippen molar-refractivity contribution in [3.05, 3.63) is 24.0 Å². The van der Waals surface area contributed by atoms with E-state index in [1.807, 2.05) is 0 Å². The lowest BCUT2D eigenvalue weighted by molar-refractivity contribution is -0.0703. The molecule has 0 aromatic heterocycles. The first kappa shape index (κ1) is 13.3. The van der Waals surface area contributed by atoms with E-state index in [4.69, 9.17) is 10.5 Å². The van der Waals surface area contributed by atoms with E-state index in [1.54, 1.807) is 17.8 Å². The number of ether oxygens (including phenoxy) is 1. The minimum Gasteiger partial charge on any atom is -0.398 e. The summed E-state index contributed by atoms with van der Waals surface area (Å²) in [6.07, 6.45) is 7.13. The quantitative estimate of drug-likeness (QED) is 0.832. The van der Waals surface area contributed by atoms with Crippen LogP contribution in [0.1, 0.15) is 38.5 Å². The van der Waals surface area contributed by atoms with Crippen LogP contribution in [-0.2, 0) is 4.74 Å². The highest BCUT2D eigenvalue weighted by atomic mass is 32.2. The summed E-state index contributed by atoms with van der Waals surface area (Å²) in [5, 5.41) is 0.541. The number of anilines is 1. The SMILES string of the molecule is Nc1cc(F)ccc1SC1CCOC2(CCCC2)C1. The van der Waals surface area contributed by atoms with Crippen LogP contribution in [0.25, 0.3) is 0 Å². The van der Waals surface area contributed by atoms with Crippen molar-refractivity contribution in [3.8, 4) is 0 Å². The minimum atomic E-state index is -0.263. The molecule has 1 aliphatic heterocycles. The van der Waals surface area contributed by atoms with Gasteiger partial charge in [0, 0.05) is 22.4 Å². The van der Waals surface area contributed by atoms with Crippen LogP contribution < -0.4 is 5.73 Å². The van der Waals surface area contributed by atoms with Gasteiger partial charge >= 0.3 is 0 Å². The molecule has 2 fully saturated rings. The molecule has 1 aromatic rings. The summed E-state index contributed by atoms with van der Waals surface area (Å²) in [6.45, 7) is 0.846. The van der Waals surface area contributed by atoms with Crippen molar-refractivity contribution in [2.45, 2.75) is 54.3 Å². The standard InChI is InChI=1S/C15H20FNOS/c16-11-3-4-14(13(17)9-11)19-12-5-8-18-15(10-12)6-1-2-7-15/h3-4,9,12H,1-2,5-8,10,17H2. The molecule has 2 nitrogen and oxygen atoms in total. The van der Waals surface area contributed by atoms with Gasteiger partial charge in [0.1, 0.15) is 5.82 Å². The number of hydrogen-bond acceptors (Lipinski definition) is 3. The highest BCUT2D eigenvalue weighted by Crippen LogP contribution is 2.45. The molecule has 0 bridgehead atoms. The van der Waals surface area contributed by atoms with E-state index < -0.39 is 0 Å². The van der Waals surface area contributed by atoms with Crippen molar-refractivity contribution in [3.63, 3.8) is 0 Å². The molecule has 104 valence electrons. The Hall–Kier alpha value is -0.740. The number of nitrogens with two attached hydrogens (primary N) is 1. The molecule has 2 N–H and O–H groups in total. The summed E-state index contributed by atoms with van der Waals surface area (Å²) in [4.78, 5) is 1.00. The second-order valence-corrected chi connectivity index (χ2v) is 7.00. The number of nitrogen functional groups attached to an aromatic ring is 1. The van der Waals surface area contributed by atoms with Gasteiger partial charge in [-0.3, -0.25) is 0 Å². The van der Waals surface area contributed by atoms with Gasteiger partial charge in [-0.25, -0.2) is 4.39 Å². The smallest absolute Gasteiger partial charge is 0.125 e. The van der Waals surface area contributed by atoms with Gasteiger partial charge in [-0.15, -0.1) is 11.8 Å². The predicted molar refractivity (Wildman–Crippen MR) is 76.8 cm³/mol. The number of halogens is 1. The maximum Gasteiger partial charge on any atom is 0.125 e. The number of thioether (sulfide) groups is 1. The van der Waals surface area contributed by atoms with Crippen LogP contribution in [0.5, 0.6) is 0 Å². The molecule has 1 unspecified atom stereocenters. The van der Waals surface area contributed by atoms with Crippen LogP contribution in [0.2, 0.25) is 0 Å². The summed E-state index contributed by atoms with van der Waals surface area (Å²) in [6, 6.07) is 4.70.